The van der Waals surface area contributed by atoms with E-state index in [-0.39, 0.29) is 6.10 Å². The van der Waals surface area contributed by atoms with Crippen molar-refractivity contribution in [3.63, 3.8) is 0 Å². The number of allylic oxidation sites excluding steroid dienone is 3. The molecule has 0 aromatic carbocycles. The molecule has 2 aliphatic rings. The maximum atomic E-state index is 10.3. The molecule has 0 spiro atoms. The number of hydrogen-bond acceptors (Lipinski definition) is 2. The summed E-state index contributed by atoms with van der Waals surface area (Å²) >= 11 is 0. The van der Waals surface area contributed by atoms with E-state index in [2.05, 4.69) is 52.5 Å². The molecule has 0 amide bonds. The number of unbranched alkanes of at least 4 members (excludes halogenated alkanes) is 1. The molecule has 0 saturated heterocycles. The second-order valence-electron chi connectivity index (χ2n) is 12.0. The minimum absolute atomic E-state index is 0.362. The lowest BCUT2D eigenvalue weighted by Gasteiger charge is -2.39. The maximum absolute atomic E-state index is 10.3. The molecule has 2 aliphatic carbocycles. The van der Waals surface area contributed by atoms with Gasteiger partial charge in [0.1, 0.15) is 0 Å². The molecule has 184 valence electrons. The third-order valence-corrected chi connectivity index (χ3v) is 9.00. The van der Waals surface area contributed by atoms with Gasteiger partial charge in [0.15, 0.2) is 0 Å². The smallest absolute Gasteiger partial charge is 0.0789 e. The van der Waals surface area contributed by atoms with Crippen LogP contribution in [0.15, 0.2) is 36.0 Å². The molecule has 0 aromatic heterocycles. The predicted octanol–water partition coefficient (Wildman–Crippen LogP) is 8.01. The third-order valence-electron chi connectivity index (χ3n) is 9.00. The Balaban J connectivity index is 1.84. The zero-order chi connectivity index (χ0) is 23.9. The molecule has 2 N–H and O–H groups in total. The van der Waals surface area contributed by atoms with Gasteiger partial charge in [0.05, 0.1) is 11.7 Å². The largest absolute Gasteiger partial charge is 0.390 e. The molecule has 2 fully saturated rings. The van der Waals surface area contributed by atoms with Crippen molar-refractivity contribution < 1.29 is 10.2 Å². The van der Waals surface area contributed by atoms with Gasteiger partial charge in [0.2, 0.25) is 0 Å². The standard InChI is InChI=1S/C30H52O2/c1-8-25-20-26(24(4)28(31)21-25)15-11-9-10-12-19-30(7)23(3)16-17-27(30)22(2)14-13-18-29(5,6)32/h9,11,15,22-23,25,27-28,31-32H,4,8,10,12-14,16-21H2,1-3,5-7H3/b11-9-,26-15-/t22-,23?,25-,27?,28?,30+/m1/s1. The van der Waals surface area contributed by atoms with E-state index in [1.807, 2.05) is 13.8 Å². The Morgan fingerprint density at radius 2 is 1.97 bits per heavy atom. The van der Waals surface area contributed by atoms with Crippen molar-refractivity contribution >= 4 is 0 Å². The van der Waals surface area contributed by atoms with Crippen molar-refractivity contribution in [3.05, 3.63) is 36.0 Å². The van der Waals surface area contributed by atoms with E-state index in [4.69, 9.17) is 0 Å². The van der Waals surface area contributed by atoms with Gasteiger partial charge in [-0.1, -0.05) is 71.8 Å². The van der Waals surface area contributed by atoms with Crippen LogP contribution in [0.1, 0.15) is 112 Å². The first kappa shape index (κ1) is 27.4. The van der Waals surface area contributed by atoms with Crippen LogP contribution >= 0.6 is 0 Å². The van der Waals surface area contributed by atoms with Crippen molar-refractivity contribution in [2.24, 2.45) is 29.1 Å². The highest BCUT2D eigenvalue weighted by atomic mass is 16.3. The highest BCUT2D eigenvalue weighted by Crippen LogP contribution is 2.54. The minimum Gasteiger partial charge on any atom is -0.390 e. The maximum Gasteiger partial charge on any atom is 0.0789 e. The van der Waals surface area contributed by atoms with E-state index in [9.17, 15) is 10.2 Å². The van der Waals surface area contributed by atoms with Crippen molar-refractivity contribution in [1.29, 1.82) is 0 Å². The molecule has 0 aromatic rings. The predicted molar refractivity (Wildman–Crippen MR) is 139 cm³/mol. The lowest BCUT2D eigenvalue weighted by atomic mass is 9.66. The van der Waals surface area contributed by atoms with Crippen molar-refractivity contribution in [2.75, 3.05) is 0 Å². The molecule has 2 heteroatoms. The van der Waals surface area contributed by atoms with Gasteiger partial charge in [-0.3, -0.25) is 0 Å². The topological polar surface area (TPSA) is 40.5 Å². The van der Waals surface area contributed by atoms with Gasteiger partial charge < -0.3 is 10.2 Å². The Morgan fingerprint density at radius 3 is 2.62 bits per heavy atom. The molecular formula is C30H52O2. The van der Waals surface area contributed by atoms with Crippen LogP contribution in [0.3, 0.4) is 0 Å². The highest BCUT2D eigenvalue weighted by Gasteiger charge is 2.45. The molecule has 32 heavy (non-hydrogen) atoms. The summed E-state index contributed by atoms with van der Waals surface area (Å²) in [6.07, 6.45) is 19.1. The average Bonchev–Trinajstić information content (AvgIpc) is 3.01. The summed E-state index contributed by atoms with van der Waals surface area (Å²) in [5, 5.41) is 20.3. The van der Waals surface area contributed by atoms with Crippen LogP contribution < -0.4 is 0 Å². The van der Waals surface area contributed by atoms with Crippen LogP contribution in [-0.4, -0.2) is 21.9 Å². The summed E-state index contributed by atoms with van der Waals surface area (Å²) in [5.74, 6) is 2.93. The van der Waals surface area contributed by atoms with Gasteiger partial charge >= 0.3 is 0 Å². The molecule has 3 unspecified atom stereocenters. The number of hydrogen-bond donors (Lipinski definition) is 2. The van der Waals surface area contributed by atoms with E-state index in [0.29, 0.717) is 11.3 Å². The molecule has 6 atom stereocenters. The number of aliphatic hydroxyl groups is 2. The first-order chi connectivity index (χ1) is 15.0. The highest BCUT2D eigenvalue weighted by molar-refractivity contribution is 5.36. The monoisotopic (exact) mass is 444 g/mol. The average molecular weight is 445 g/mol. The first-order valence-corrected chi connectivity index (χ1v) is 13.4. The minimum atomic E-state index is -0.535. The molecule has 0 heterocycles. The summed E-state index contributed by atoms with van der Waals surface area (Å²) in [7, 11) is 0. The molecule has 0 bridgehead atoms. The molecule has 0 radical (unpaired) electrons. The SMILES string of the molecule is C=C1/C(=C\C=C/CCC[C@@]2(C)C(C)CCC2[C@H](C)CCCC(C)(C)O)C[C@@H](CC)CC1O. The summed E-state index contributed by atoms with van der Waals surface area (Å²) in [6.45, 7) is 17.7. The fraction of sp³-hybridized carbons (Fsp3) is 0.800. The van der Waals surface area contributed by atoms with Crippen LogP contribution in [0.4, 0.5) is 0 Å². The van der Waals surface area contributed by atoms with E-state index in [1.54, 1.807) is 0 Å². The summed E-state index contributed by atoms with van der Waals surface area (Å²) in [4.78, 5) is 0. The molecule has 2 rings (SSSR count). The summed E-state index contributed by atoms with van der Waals surface area (Å²) in [5.41, 5.74) is 2.07. The van der Waals surface area contributed by atoms with E-state index >= 15 is 0 Å². The number of rotatable bonds is 11. The quantitative estimate of drug-likeness (QED) is 0.317. The lowest BCUT2D eigenvalue weighted by Crippen LogP contribution is -2.31. The van der Waals surface area contributed by atoms with Crippen LogP contribution in [0.25, 0.3) is 0 Å². The van der Waals surface area contributed by atoms with E-state index in [0.717, 1.165) is 61.9 Å². The van der Waals surface area contributed by atoms with Gasteiger partial charge in [0, 0.05) is 0 Å². The second kappa shape index (κ2) is 12.0. The normalized spacial score (nSPS) is 34.0. The zero-order valence-electron chi connectivity index (χ0n) is 22.0. The Hall–Kier alpha value is -0.860. The van der Waals surface area contributed by atoms with Crippen molar-refractivity contribution in [3.8, 4) is 0 Å². The van der Waals surface area contributed by atoms with Gasteiger partial charge in [-0.2, -0.15) is 0 Å². The summed E-state index contributed by atoms with van der Waals surface area (Å²) in [6, 6.07) is 0. The van der Waals surface area contributed by atoms with Crippen molar-refractivity contribution in [1.82, 2.24) is 0 Å². The van der Waals surface area contributed by atoms with Crippen molar-refractivity contribution in [2.45, 2.75) is 124 Å². The van der Waals surface area contributed by atoms with Gasteiger partial charge in [-0.25, -0.2) is 0 Å². The fourth-order valence-corrected chi connectivity index (χ4v) is 6.44. The Morgan fingerprint density at radius 1 is 1.25 bits per heavy atom. The van der Waals surface area contributed by atoms with Crippen LogP contribution in [0, 0.1) is 29.1 Å². The molecular weight excluding hydrogens is 392 g/mol. The van der Waals surface area contributed by atoms with Gasteiger partial charge in [-0.05, 0) is 105 Å². The van der Waals surface area contributed by atoms with E-state index < -0.39 is 5.60 Å². The van der Waals surface area contributed by atoms with E-state index in [1.165, 1.54) is 37.7 Å². The van der Waals surface area contributed by atoms with Crippen LogP contribution in [0.2, 0.25) is 0 Å². The molecule has 0 aliphatic heterocycles. The fourth-order valence-electron chi connectivity index (χ4n) is 6.44. The Bertz CT molecular complexity index is 652. The van der Waals surface area contributed by atoms with Gasteiger partial charge in [0.25, 0.3) is 0 Å². The second-order valence-corrected chi connectivity index (χ2v) is 12.0. The summed E-state index contributed by atoms with van der Waals surface area (Å²) < 4.78 is 0. The zero-order valence-corrected chi connectivity index (χ0v) is 22.0. The number of aliphatic hydroxyl groups excluding tert-OH is 1. The Kier molecular flexibility index (Phi) is 10.3. The third kappa shape index (κ3) is 7.59. The van der Waals surface area contributed by atoms with Crippen LogP contribution in [-0.2, 0) is 0 Å². The molecule has 2 saturated carbocycles. The van der Waals surface area contributed by atoms with Crippen LogP contribution in [0.5, 0.6) is 0 Å². The Labute approximate surface area is 199 Å². The first-order valence-electron chi connectivity index (χ1n) is 13.4. The van der Waals surface area contributed by atoms with Gasteiger partial charge in [-0.15, -0.1) is 0 Å². The molecule has 2 nitrogen and oxygen atoms in total. The lowest BCUT2D eigenvalue weighted by molar-refractivity contribution is 0.0608.